The highest BCUT2D eigenvalue weighted by molar-refractivity contribution is 5.90. The monoisotopic (exact) mass is 316 g/mol. The molecule has 23 heavy (non-hydrogen) atoms. The summed E-state index contributed by atoms with van der Waals surface area (Å²) in [7, 11) is 1.35. The molecule has 0 amide bonds. The number of aromatic nitrogens is 2. The first kappa shape index (κ1) is 15.7. The third-order valence-corrected chi connectivity index (χ3v) is 4.09. The number of esters is 1. The Balaban J connectivity index is 1.86. The highest BCUT2D eigenvalue weighted by atomic mass is 16.5. The van der Waals surface area contributed by atoms with Crippen LogP contribution in [0, 0.1) is 5.92 Å². The van der Waals surface area contributed by atoms with Crippen LogP contribution in [0.5, 0.6) is 0 Å². The van der Waals surface area contributed by atoms with E-state index in [1.165, 1.54) is 7.11 Å². The van der Waals surface area contributed by atoms with Gasteiger partial charge in [-0.2, -0.15) is 4.98 Å². The molecule has 1 aliphatic rings. The molecule has 6 heteroatoms. The molecule has 1 fully saturated rings. The molecule has 0 saturated carbocycles. The summed E-state index contributed by atoms with van der Waals surface area (Å²) in [5.41, 5.74) is 1.18. The summed E-state index contributed by atoms with van der Waals surface area (Å²) in [5.74, 6) is 1.19. The molecular formula is C17H20N2O4. The third-order valence-electron chi connectivity index (χ3n) is 4.09. The number of carbonyl (C=O) groups is 1. The van der Waals surface area contributed by atoms with Crippen molar-refractivity contribution in [3.63, 3.8) is 0 Å². The number of rotatable bonds is 4. The van der Waals surface area contributed by atoms with Crippen LogP contribution in [-0.4, -0.2) is 35.9 Å². The van der Waals surface area contributed by atoms with Crippen LogP contribution in [0.4, 0.5) is 0 Å². The lowest BCUT2D eigenvalue weighted by molar-refractivity contribution is 0.0600. The second-order valence-corrected chi connectivity index (χ2v) is 6.00. The maximum Gasteiger partial charge on any atom is 0.337 e. The van der Waals surface area contributed by atoms with Gasteiger partial charge < -0.3 is 14.0 Å². The molecular weight excluding hydrogens is 296 g/mol. The molecule has 1 aromatic carbocycles. The largest absolute Gasteiger partial charge is 0.465 e. The maximum atomic E-state index is 11.6. The van der Waals surface area contributed by atoms with E-state index in [0.717, 1.165) is 12.0 Å². The van der Waals surface area contributed by atoms with Crippen molar-refractivity contribution in [2.75, 3.05) is 13.7 Å². The summed E-state index contributed by atoms with van der Waals surface area (Å²) >= 11 is 0. The van der Waals surface area contributed by atoms with Crippen LogP contribution < -0.4 is 0 Å². The van der Waals surface area contributed by atoms with E-state index in [0.29, 0.717) is 29.8 Å². The molecule has 2 aromatic rings. The maximum absolute atomic E-state index is 11.6. The first-order chi connectivity index (χ1) is 11.1. The molecule has 2 atom stereocenters. The SMILES string of the molecule is COC(=O)c1cccc(-c2noc([C@@H]3CCO[C@H]3C(C)C)n2)c1. The Hall–Kier alpha value is -2.21. The summed E-state index contributed by atoms with van der Waals surface area (Å²) in [6.45, 7) is 4.96. The molecule has 2 heterocycles. The van der Waals surface area contributed by atoms with Crippen molar-refractivity contribution in [3.05, 3.63) is 35.7 Å². The average Bonchev–Trinajstić information content (AvgIpc) is 3.22. The van der Waals surface area contributed by atoms with Gasteiger partial charge in [0.05, 0.1) is 24.7 Å². The highest BCUT2D eigenvalue weighted by Crippen LogP contribution is 2.35. The molecule has 1 saturated heterocycles. The Morgan fingerprint density at radius 3 is 2.96 bits per heavy atom. The zero-order chi connectivity index (χ0) is 16.4. The van der Waals surface area contributed by atoms with Gasteiger partial charge in [0.2, 0.25) is 11.7 Å². The van der Waals surface area contributed by atoms with Gasteiger partial charge in [-0.1, -0.05) is 31.1 Å². The standard InChI is InChI=1S/C17H20N2O4/c1-10(2)14-13(7-8-22-14)16-18-15(19-23-16)11-5-4-6-12(9-11)17(20)21-3/h4-6,9-10,13-14H,7-8H2,1-3H3/t13-,14+/m1/s1. The van der Waals surface area contributed by atoms with Gasteiger partial charge in [-0.25, -0.2) is 4.79 Å². The molecule has 1 aliphatic heterocycles. The molecule has 1 aromatic heterocycles. The molecule has 3 rings (SSSR count). The average molecular weight is 316 g/mol. The van der Waals surface area contributed by atoms with Gasteiger partial charge in [0.15, 0.2) is 0 Å². The quantitative estimate of drug-likeness (QED) is 0.807. The van der Waals surface area contributed by atoms with Crippen molar-refractivity contribution < 1.29 is 18.8 Å². The topological polar surface area (TPSA) is 74.5 Å². The lowest BCUT2D eigenvalue weighted by atomic mass is 9.93. The van der Waals surface area contributed by atoms with Crippen molar-refractivity contribution in [1.29, 1.82) is 0 Å². The van der Waals surface area contributed by atoms with Gasteiger partial charge >= 0.3 is 5.97 Å². The number of hydrogen-bond acceptors (Lipinski definition) is 6. The van der Waals surface area contributed by atoms with E-state index < -0.39 is 0 Å². The molecule has 122 valence electrons. The van der Waals surface area contributed by atoms with Crippen molar-refractivity contribution in [1.82, 2.24) is 10.1 Å². The van der Waals surface area contributed by atoms with Gasteiger partial charge in [0.25, 0.3) is 0 Å². The van der Waals surface area contributed by atoms with Crippen molar-refractivity contribution in [3.8, 4) is 11.4 Å². The van der Waals surface area contributed by atoms with Crippen LogP contribution in [0.25, 0.3) is 11.4 Å². The first-order valence-corrected chi connectivity index (χ1v) is 7.74. The van der Waals surface area contributed by atoms with Crippen molar-refractivity contribution in [2.45, 2.75) is 32.3 Å². The Morgan fingerprint density at radius 2 is 2.22 bits per heavy atom. The zero-order valence-electron chi connectivity index (χ0n) is 13.5. The number of ether oxygens (including phenoxy) is 2. The van der Waals surface area contributed by atoms with Gasteiger partial charge in [-0.15, -0.1) is 0 Å². The van der Waals surface area contributed by atoms with E-state index >= 15 is 0 Å². The Bertz CT molecular complexity index is 695. The normalized spacial score (nSPS) is 20.9. The van der Waals surface area contributed by atoms with E-state index in [4.69, 9.17) is 14.0 Å². The lowest BCUT2D eigenvalue weighted by Gasteiger charge is -2.18. The molecule has 0 aliphatic carbocycles. The van der Waals surface area contributed by atoms with Crippen molar-refractivity contribution in [2.24, 2.45) is 5.92 Å². The smallest absolute Gasteiger partial charge is 0.337 e. The Morgan fingerprint density at radius 1 is 1.39 bits per heavy atom. The third kappa shape index (κ3) is 3.12. The van der Waals surface area contributed by atoms with Gasteiger partial charge in [0, 0.05) is 12.2 Å². The fourth-order valence-electron chi connectivity index (χ4n) is 2.94. The number of carbonyl (C=O) groups excluding carboxylic acids is 1. The summed E-state index contributed by atoms with van der Waals surface area (Å²) in [6.07, 6.45) is 0.983. The summed E-state index contributed by atoms with van der Waals surface area (Å²) in [5, 5.41) is 4.06. The zero-order valence-corrected chi connectivity index (χ0v) is 13.5. The fourth-order valence-corrected chi connectivity index (χ4v) is 2.94. The number of hydrogen-bond donors (Lipinski definition) is 0. The minimum absolute atomic E-state index is 0.102. The lowest BCUT2D eigenvalue weighted by Crippen LogP contribution is -2.21. The summed E-state index contributed by atoms with van der Waals surface area (Å²) in [6, 6.07) is 7.00. The predicted molar refractivity (Wildman–Crippen MR) is 83.0 cm³/mol. The van der Waals surface area contributed by atoms with E-state index in [1.54, 1.807) is 18.2 Å². The summed E-state index contributed by atoms with van der Waals surface area (Å²) < 4.78 is 16.0. The second-order valence-electron chi connectivity index (χ2n) is 6.00. The van der Waals surface area contributed by atoms with Crippen molar-refractivity contribution >= 4 is 5.97 Å². The molecule has 0 N–H and O–H groups in total. The fraction of sp³-hybridized carbons (Fsp3) is 0.471. The van der Waals surface area contributed by atoms with Gasteiger partial charge in [-0.3, -0.25) is 0 Å². The molecule has 0 spiro atoms. The van der Waals surface area contributed by atoms with Crippen LogP contribution in [0.3, 0.4) is 0 Å². The Kier molecular flexibility index (Phi) is 4.43. The van der Waals surface area contributed by atoms with Gasteiger partial charge in [0.1, 0.15) is 0 Å². The van der Waals surface area contributed by atoms with E-state index in [2.05, 4.69) is 24.0 Å². The second kappa shape index (κ2) is 6.50. The predicted octanol–water partition coefficient (Wildman–Crippen LogP) is 3.05. The van der Waals surface area contributed by atoms with E-state index in [1.807, 2.05) is 6.07 Å². The molecule has 6 nitrogen and oxygen atoms in total. The van der Waals surface area contributed by atoms with Crippen LogP contribution in [-0.2, 0) is 9.47 Å². The number of nitrogens with zero attached hydrogens (tertiary/aromatic N) is 2. The highest BCUT2D eigenvalue weighted by Gasteiger charge is 2.35. The number of benzene rings is 1. The minimum Gasteiger partial charge on any atom is -0.465 e. The van der Waals surface area contributed by atoms with Crippen LogP contribution in [0.2, 0.25) is 0 Å². The van der Waals surface area contributed by atoms with Gasteiger partial charge in [-0.05, 0) is 24.5 Å². The first-order valence-electron chi connectivity index (χ1n) is 7.74. The summed E-state index contributed by atoms with van der Waals surface area (Å²) in [4.78, 5) is 16.1. The molecule has 0 unspecified atom stereocenters. The van der Waals surface area contributed by atoms with Crippen LogP contribution >= 0.6 is 0 Å². The van der Waals surface area contributed by atoms with Crippen LogP contribution in [0.1, 0.15) is 42.4 Å². The van der Waals surface area contributed by atoms with E-state index in [-0.39, 0.29) is 18.0 Å². The number of methoxy groups -OCH3 is 1. The Labute approximate surface area is 134 Å². The molecule has 0 bridgehead atoms. The van der Waals surface area contributed by atoms with Crippen LogP contribution in [0.15, 0.2) is 28.8 Å². The van der Waals surface area contributed by atoms with E-state index in [9.17, 15) is 4.79 Å². The molecule has 0 radical (unpaired) electrons. The minimum atomic E-state index is -0.389.